The number of amides is 1. The number of unbranched alkanes of at least 4 members (excludes halogenated alkanes) is 1. The molecule has 0 aromatic heterocycles. The van der Waals surface area contributed by atoms with Gasteiger partial charge < -0.3 is 15.7 Å². The smallest absolute Gasteiger partial charge is 0.230 e. The lowest BCUT2D eigenvalue weighted by atomic mass is 9.97. The Hall–Kier alpha value is -1.55. The Morgan fingerprint density at radius 2 is 2.05 bits per heavy atom. The third kappa shape index (κ3) is 4.23. The van der Waals surface area contributed by atoms with Crippen molar-refractivity contribution in [1.29, 1.82) is 0 Å². The lowest BCUT2D eigenvalue weighted by Crippen LogP contribution is -2.38. The molecule has 0 heterocycles. The summed E-state index contributed by atoms with van der Waals surface area (Å²) < 4.78 is 0. The van der Waals surface area contributed by atoms with E-state index in [1.165, 1.54) is 0 Å². The minimum atomic E-state index is -0.0652. The second kappa shape index (κ2) is 8.59. The van der Waals surface area contributed by atoms with Crippen LogP contribution >= 0.6 is 0 Å². The zero-order valence-electron chi connectivity index (χ0n) is 12.5. The van der Waals surface area contributed by atoms with E-state index >= 15 is 0 Å². The van der Waals surface area contributed by atoms with Gasteiger partial charge in [0.05, 0.1) is 18.0 Å². The highest BCUT2D eigenvalue weighted by Gasteiger charge is 2.24. The monoisotopic (exact) mass is 278 g/mol. The predicted molar refractivity (Wildman–Crippen MR) is 83.6 cm³/mol. The Kier molecular flexibility index (Phi) is 7.09. The zero-order valence-corrected chi connectivity index (χ0v) is 12.5. The fraction of sp³-hybridized carbons (Fsp3) is 0.562. The number of carbonyl (C=O) groups is 1. The van der Waals surface area contributed by atoms with E-state index in [2.05, 4.69) is 6.92 Å². The molecular formula is C16H26N2O2. The minimum Gasteiger partial charge on any atom is -0.397 e. The van der Waals surface area contributed by atoms with Crippen LogP contribution in [0.15, 0.2) is 24.3 Å². The van der Waals surface area contributed by atoms with Crippen molar-refractivity contribution in [1.82, 2.24) is 0 Å². The van der Waals surface area contributed by atoms with Crippen LogP contribution in [0.4, 0.5) is 11.4 Å². The quantitative estimate of drug-likeness (QED) is 0.719. The highest BCUT2D eigenvalue weighted by Crippen LogP contribution is 2.26. The first-order valence-corrected chi connectivity index (χ1v) is 7.42. The molecule has 0 spiro atoms. The van der Waals surface area contributed by atoms with Crippen molar-refractivity contribution in [3.05, 3.63) is 24.3 Å². The van der Waals surface area contributed by atoms with Crippen LogP contribution in [-0.4, -0.2) is 24.2 Å². The Labute approximate surface area is 121 Å². The van der Waals surface area contributed by atoms with E-state index in [4.69, 9.17) is 5.73 Å². The molecule has 0 aliphatic rings. The van der Waals surface area contributed by atoms with E-state index in [0.29, 0.717) is 11.4 Å². The molecule has 4 nitrogen and oxygen atoms in total. The molecule has 0 aliphatic carbocycles. The number of nitrogen functional groups attached to an aromatic ring is 1. The van der Waals surface area contributed by atoms with Gasteiger partial charge in [-0.05, 0) is 25.0 Å². The molecule has 3 N–H and O–H groups in total. The maximum atomic E-state index is 12.7. The minimum absolute atomic E-state index is 0.00102. The van der Waals surface area contributed by atoms with Gasteiger partial charge in [0.2, 0.25) is 5.91 Å². The molecule has 0 bridgehead atoms. The molecule has 20 heavy (non-hydrogen) atoms. The number of hydrogen-bond acceptors (Lipinski definition) is 3. The van der Waals surface area contributed by atoms with Crippen LogP contribution in [0.3, 0.4) is 0 Å². The number of para-hydroxylation sites is 2. The highest BCUT2D eigenvalue weighted by molar-refractivity contribution is 5.97. The Bertz CT molecular complexity index is 421. The van der Waals surface area contributed by atoms with Gasteiger partial charge in [-0.15, -0.1) is 0 Å². The summed E-state index contributed by atoms with van der Waals surface area (Å²) in [7, 11) is 0. The van der Waals surface area contributed by atoms with Gasteiger partial charge in [-0.2, -0.15) is 0 Å². The van der Waals surface area contributed by atoms with Crippen LogP contribution < -0.4 is 10.6 Å². The molecule has 1 rings (SSSR count). The fourth-order valence-electron chi connectivity index (χ4n) is 2.36. The topological polar surface area (TPSA) is 66.6 Å². The molecule has 0 radical (unpaired) electrons. The van der Waals surface area contributed by atoms with E-state index in [0.717, 1.165) is 25.7 Å². The van der Waals surface area contributed by atoms with E-state index in [1.54, 1.807) is 11.0 Å². The van der Waals surface area contributed by atoms with Gasteiger partial charge in [0, 0.05) is 12.5 Å². The lowest BCUT2D eigenvalue weighted by molar-refractivity contribution is -0.122. The average molecular weight is 278 g/mol. The lowest BCUT2D eigenvalue weighted by Gasteiger charge is -2.27. The number of rotatable bonds is 8. The Morgan fingerprint density at radius 3 is 2.60 bits per heavy atom. The maximum Gasteiger partial charge on any atom is 0.230 e. The molecule has 0 aliphatic heterocycles. The molecular weight excluding hydrogens is 252 g/mol. The molecule has 0 saturated heterocycles. The van der Waals surface area contributed by atoms with Gasteiger partial charge in [-0.25, -0.2) is 0 Å². The fourth-order valence-corrected chi connectivity index (χ4v) is 2.36. The first kappa shape index (κ1) is 16.5. The summed E-state index contributed by atoms with van der Waals surface area (Å²) in [5, 5.41) is 9.23. The summed E-state index contributed by atoms with van der Waals surface area (Å²) in [4.78, 5) is 14.3. The SMILES string of the molecule is CCCCC(CC)C(=O)N(CCO)c1ccccc1N. The molecule has 4 heteroatoms. The number of nitrogens with zero attached hydrogens (tertiary/aromatic N) is 1. The summed E-state index contributed by atoms with van der Waals surface area (Å²) >= 11 is 0. The van der Waals surface area contributed by atoms with Crippen LogP contribution in [0, 0.1) is 5.92 Å². The van der Waals surface area contributed by atoms with Crippen molar-refractivity contribution in [2.24, 2.45) is 5.92 Å². The second-order valence-corrected chi connectivity index (χ2v) is 5.02. The molecule has 1 unspecified atom stereocenters. The molecule has 1 aromatic carbocycles. The molecule has 112 valence electrons. The molecule has 1 amide bonds. The van der Waals surface area contributed by atoms with Crippen LogP contribution in [0.25, 0.3) is 0 Å². The number of anilines is 2. The van der Waals surface area contributed by atoms with Crippen molar-refractivity contribution in [3.8, 4) is 0 Å². The first-order chi connectivity index (χ1) is 9.65. The summed E-state index contributed by atoms with van der Waals surface area (Å²) in [6, 6.07) is 7.31. The van der Waals surface area contributed by atoms with Crippen molar-refractivity contribution in [2.45, 2.75) is 39.5 Å². The van der Waals surface area contributed by atoms with Crippen molar-refractivity contribution in [2.75, 3.05) is 23.8 Å². The number of nitrogens with two attached hydrogens (primary N) is 1. The Morgan fingerprint density at radius 1 is 1.35 bits per heavy atom. The summed E-state index contributed by atoms with van der Waals surface area (Å²) in [5.41, 5.74) is 7.22. The van der Waals surface area contributed by atoms with Crippen LogP contribution in [0.2, 0.25) is 0 Å². The summed E-state index contributed by atoms with van der Waals surface area (Å²) in [5.74, 6) is 0.0639. The van der Waals surface area contributed by atoms with E-state index < -0.39 is 0 Å². The van der Waals surface area contributed by atoms with Crippen molar-refractivity contribution in [3.63, 3.8) is 0 Å². The molecule has 0 fully saturated rings. The first-order valence-electron chi connectivity index (χ1n) is 7.42. The number of aliphatic hydroxyl groups is 1. The van der Waals surface area contributed by atoms with E-state index in [1.807, 2.05) is 25.1 Å². The van der Waals surface area contributed by atoms with Gasteiger partial charge in [-0.1, -0.05) is 38.8 Å². The third-order valence-electron chi connectivity index (χ3n) is 3.57. The summed E-state index contributed by atoms with van der Waals surface area (Å²) in [6.07, 6.45) is 3.83. The van der Waals surface area contributed by atoms with Gasteiger partial charge in [0.1, 0.15) is 0 Å². The average Bonchev–Trinajstić information content (AvgIpc) is 2.46. The molecule has 0 saturated carbocycles. The summed E-state index contributed by atoms with van der Waals surface area (Å²) in [6.45, 7) is 4.38. The normalized spacial score (nSPS) is 12.2. The molecule has 1 atom stereocenters. The molecule has 1 aromatic rings. The van der Waals surface area contributed by atoms with E-state index in [9.17, 15) is 9.90 Å². The van der Waals surface area contributed by atoms with Gasteiger partial charge >= 0.3 is 0 Å². The van der Waals surface area contributed by atoms with Crippen LogP contribution in [-0.2, 0) is 4.79 Å². The van der Waals surface area contributed by atoms with Gasteiger partial charge in [-0.3, -0.25) is 4.79 Å². The maximum absolute atomic E-state index is 12.7. The Balaban J connectivity index is 2.94. The highest BCUT2D eigenvalue weighted by atomic mass is 16.3. The van der Waals surface area contributed by atoms with E-state index in [-0.39, 0.29) is 25.0 Å². The largest absolute Gasteiger partial charge is 0.397 e. The zero-order chi connectivity index (χ0) is 15.0. The van der Waals surface area contributed by atoms with Gasteiger partial charge in [0.15, 0.2) is 0 Å². The van der Waals surface area contributed by atoms with Crippen LogP contribution in [0.1, 0.15) is 39.5 Å². The number of carbonyl (C=O) groups excluding carboxylic acids is 1. The van der Waals surface area contributed by atoms with Gasteiger partial charge in [0.25, 0.3) is 0 Å². The predicted octanol–water partition coefficient (Wildman–Crippen LogP) is 2.81. The van der Waals surface area contributed by atoms with Crippen LogP contribution in [0.5, 0.6) is 0 Å². The number of hydrogen-bond donors (Lipinski definition) is 2. The third-order valence-corrected chi connectivity index (χ3v) is 3.57. The van der Waals surface area contributed by atoms with Crippen molar-refractivity contribution >= 4 is 17.3 Å². The van der Waals surface area contributed by atoms with Crippen molar-refractivity contribution < 1.29 is 9.90 Å². The number of aliphatic hydroxyl groups excluding tert-OH is 1. The second-order valence-electron chi connectivity index (χ2n) is 5.02. The number of benzene rings is 1. The standard InChI is InChI=1S/C16H26N2O2/c1-3-5-8-13(4-2)16(20)18(11-12-19)15-10-7-6-9-14(15)17/h6-7,9-10,13,19H,3-5,8,11-12,17H2,1-2H3.